The first-order valence-electron chi connectivity index (χ1n) is 7.10. The van der Waals surface area contributed by atoms with Crippen LogP contribution in [0.3, 0.4) is 0 Å². The van der Waals surface area contributed by atoms with Gasteiger partial charge in [0.1, 0.15) is 6.04 Å². The van der Waals surface area contributed by atoms with E-state index in [2.05, 4.69) is 5.32 Å². The summed E-state index contributed by atoms with van der Waals surface area (Å²) in [6, 6.07) is 7.63. The third-order valence-corrected chi connectivity index (χ3v) is 4.85. The molecule has 0 aliphatic heterocycles. The lowest BCUT2D eigenvalue weighted by Gasteiger charge is -2.28. The fourth-order valence-electron chi connectivity index (χ4n) is 2.22. The topological polar surface area (TPSA) is 66.5 Å². The van der Waals surface area contributed by atoms with E-state index in [1.807, 2.05) is 0 Å². The highest BCUT2D eigenvalue weighted by Crippen LogP contribution is 2.23. The number of nitrogens with one attached hydrogen (secondary N) is 1. The third kappa shape index (κ3) is 4.67. The van der Waals surface area contributed by atoms with Crippen molar-refractivity contribution in [3.05, 3.63) is 59.1 Å². The second-order valence-electron chi connectivity index (χ2n) is 5.33. The quantitative estimate of drug-likeness (QED) is 0.853. The molecule has 0 aromatic heterocycles. The normalized spacial score (nSPS) is 12.5. The van der Waals surface area contributed by atoms with Crippen LogP contribution in [0.25, 0.3) is 0 Å². The van der Waals surface area contributed by atoms with E-state index >= 15 is 0 Å². The molecule has 0 heterocycles. The summed E-state index contributed by atoms with van der Waals surface area (Å²) < 4.78 is 51.3. The summed E-state index contributed by atoms with van der Waals surface area (Å²) in [5, 5.41) is 2.78. The zero-order chi connectivity index (χ0) is 18.8. The van der Waals surface area contributed by atoms with Gasteiger partial charge in [-0.1, -0.05) is 11.6 Å². The molecule has 2 aromatic rings. The summed E-state index contributed by atoms with van der Waals surface area (Å²) in [4.78, 5) is 12.4. The molecule has 0 saturated carbocycles. The molecule has 0 aliphatic rings. The van der Waals surface area contributed by atoms with Gasteiger partial charge in [-0.15, -0.1) is 0 Å². The van der Waals surface area contributed by atoms with Crippen molar-refractivity contribution in [2.45, 2.75) is 13.0 Å². The van der Waals surface area contributed by atoms with E-state index in [1.165, 1.54) is 37.3 Å². The number of nitrogens with zero attached hydrogens (tertiary/aromatic N) is 1. The van der Waals surface area contributed by atoms with Gasteiger partial charge in [-0.3, -0.25) is 9.10 Å². The number of carbonyl (C=O) groups is 1. The minimum Gasteiger partial charge on any atom is -0.324 e. The standard InChI is InChI=1S/C16H15ClF2N2O3S/c1-10(16(22)20-12-5-8-14(18)15(19)9-12)21(25(2,23)24)13-6-3-11(17)4-7-13/h3-10H,1-2H3,(H,20,22)/t10-/m1/s1. The summed E-state index contributed by atoms with van der Waals surface area (Å²) in [6.45, 7) is 1.38. The Hall–Kier alpha value is -2.19. The highest BCUT2D eigenvalue weighted by atomic mass is 35.5. The van der Waals surface area contributed by atoms with Gasteiger partial charge in [0.15, 0.2) is 11.6 Å². The number of amides is 1. The molecule has 0 fully saturated rings. The first-order chi connectivity index (χ1) is 11.6. The number of rotatable bonds is 5. The van der Waals surface area contributed by atoms with Crippen molar-refractivity contribution in [1.82, 2.24) is 0 Å². The van der Waals surface area contributed by atoms with E-state index < -0.39 is 33.6 Å². The van der Waals surface area contributed by atoms with Gasteiger partial charge >= 0.3 is 0 Å². The Morgan fingerprint density at radius 2 is 1.72 bits per heavy atom. The second kappa shape index (κ2) is 7.37. The maximum absolute atomic E-state index is 13.2. The Labute approximate surface area is 149 Å². The van der Waals surface area contributed by atoms with Gasteiger partial charge < -0.3 is 5.32 Å². The number of anilines is 2. The van der Waals surface area contributed by atoms with Gasteiger partial charge in [-0.05, 0) is 43.3 Å². The highest BCUT2D eigenvalue weighted by molar-refractivity contribution is 7.92. The number of benzene rings is 2. The van der Waals surface area contributed by atoms with Crippen molar-refractivity contribution in [2.24, 2.45) is 0 Å². The molecular formula is C16H15ClF2N2O3S. The van der Waals surface area contributed by atoms with Crippen LogP contribution in [0.4, 0.5) is 20.2 Å². The van der Waals surface area contributed by atoms with Crippen LogP contribution < -0.4 is 9.62 Å². The molecule has 134 valence electrons. The predicted octanol–water partition coefficient (Wildman–Crippen LogP) is 3.41. The van der Waals surface area contributed by atoms with E-state index in [9.17, 15) is 22.0 Å². The number of halogens is 3. The van der Waals surface area contributed by atoms with Crippen molar-refractivity contribution in [2.75, 3.05) is 15.9 Å². The van der Waals surface area contributed by atoms with Crippen molar-refractivity contribution in [3.8, 4) is 0 Å². The SMILES string of the molecule is C[C@H](C(=O)Nc1ccc(F)c(F)c1)N(c1ccc(Cl)cc1)S(C)(=O)=O. The summed E-state index contributed by atoms with van der Waals surface area (Å²) in [5.74, 6) is -2.88. The number of sulfonamides is 1. The van der Waals surface area contributed by atoms with Crippen LogP contribution in [-0.4, -0.2) is 26.6 Å². The average Bonchev–Trinajstić information content (AvgIpc) is 2.51. The summed E-state index contributed by atoms with van der Waals surface area (Å²) in [7, 11) is -3.79. The largest absolute Gasteiger partial charge is 0.324 e. The van der Waals surface area contributed by atoms with E-state index in [1.54, 1.807) is 0 Å². The van der Waals surface area contributed by atoms with Crippen LogP contribution in [0, 0.1) is 11.6 Å². The fraction of sp³-hybridized carbons (Fsp3) is 0.188. The number of hydrogen-bond donors (Lipinski definition) is 1. The number of carbonyl (C=O) groups excluding carboxylic acids is 1. The zero-order valence-corrected chi connectivity index (χ0v) is 14.9. The molecule has 5 nitrogen and oxygen atoms in total. The molecule has 1 atom stereocenters. The second-order valence-corrected chi connectivity index (χ2v) is 7.63. The van der Waals surface area contributed by atoms with Crippen LogP contribution in [0.1, 0.15) is 6.92 Å². The van der Waals surface area contributed by atoms with Crippen molar-refractivity contribution in [3.63, 3.8) is 0 Å². The van der Waals surface area contributed by atoms with Gasteiger partial charge in [-0.25, -0.2) is 17.2 Å². The van der Waals surface area contributed by atoms with Crippen LogP contribution in [0.15, 0.2) is 42.5 Å². The van der Waals surface area contributed by atoms with Crippen LogP contribution >= 0.6 is 11.6 Å². The zero-order valence-electron chi connectivity index (χ0n) is 13.3. The smallest absolute Gasteiger partial charge is 0.247 e. The molecule has 9 heteroatoms. The Kier molecular flexibility index (Phi) is 5.64. The minimum atomic E-state index is -3.79. The molecule has 0 bridgehead atoms. The predicted molar refractivity (Wildman–Crippen MR) is 93.2 cm³/mol. The van der Waals surface area contributed by atoms with Crippen LogP contribution in [-0.2, 0) is 14.8 Å². The Bertz CT molecular complexity index is 889. The Morgan fingerprint density at radius 1 is 1.12 bits per heavy atom. The molecule has 25 heavy (non-hydrogen) atoms. The Morgan fingerprint density at radius 3 is 2.24 bits per heavy atom. The molecule has 1 N–H and O–H groups in total. The van der Waals surface area contributed by atoms with Crippen LogP contribution in [0.2, 0.25) is 5.02 Å². The molecule has 0 spiro atoms. The Balaban J connectivity index is 2.29. The molecular weight excluding hydrogens is 374 g/mol. The van der Waals surface area contributed by atoms with Crippen LogP contribution in [0.5, 0.6) is 0 Å². The lowest BCUT2D eigenvalue weighted by atomic mass is 10.2. The van der Waals surface area contributed by atoms with Gasteiger partial charge in [0, 0.05) is 16.8 Å². The summed E-state index contributed by atoms with van der Waals surface area (Å²) in [6.07, 6.45) is 0.961. The van der Waals surface area contributed by atoms with E-state index in [-0.39, 0.29) is 11.4 Å². The monoisotopic (exact) mass is 388 g/mol. The van der Waals surface area contributed by atoms with Crippen molar-refractivity contribution in [1.29, 1.82) is 0 Å². The molecule has 0 saturated heterocycles. The molecule has 1 amide bonds. The first kappa shape index (κ1) is 19.1. The van der Waals surface area contributed by atoms with Gasteiger partial charge in [-0.2, -0.15) is 0 Å². The van der Waals surface area contributed by atoms with E-state index in [0.29, 0.717) is 5.02 Å². The highest BCUT2D eigenvalue weighted by Gasteiger charge is 2.29. The molecule has 0 unspecified atom stereocenters. The lowest BCUT2D eigenvalue weighted by Crippen LogP contribution is -2.45. The maximum Gasteiger partial charge on any atom is 0.247 e. The van der Waals surface area contributed by atoms with E-state index in [0.717, 1.165) is 22.7 Å². The van der Waals surface area contributed by atoms with E-state index in [4.69, 9.17) is 11.6 Å². The minimum absolute atomic E-state index is 0.0142. The summed E-state index contributed by atoms with van der Waals surface area (Å²) >= 11 is 5.79. The van der Waals surface area contributed by atoms with Gasteiger partial charge in [0.2, 0.25) is 15.9 Å². The van der Waals surface area contributed by atoms with Crippen molar-refractivity contribution >= 4 is 38.9 Å². The number of hydrogen-bond acceptors (Lipinski definition) is 3. The third-order valence-electron chi connectivity index (χ3n) is 3.36. The molecule has 0 radical (unpaired) electrons. The molecule has 2 aromatic carbocycles. The van der Waals surface area contributed by atoms with Gasteiger partial charge in [0.25, 0.3) is 0 Å². The molecule has 0 aliphatic carbocycles. The lowest BCUT2D eigenvalue weighted by molar-refractivity contribution is -0.116. The fourth-order valence-corrected chi connectivity index (χ4v) is 3.52. The maximum atomic E-state index is 13.2. The van der Waals surface area contributed by atoms with Gasteiger partial charge in [0.05, 0.1) is 11.9 Å². The van der Waals surface area contributed by atoms with Crippen molar-refractivity contribution < 1.29 is 22.0 Å². The average molecular weight is 389 g/mol. The first-order valence-corrected chi connectivity index (χ1v) is 9.33. The molecule has 2 rings (SSSR count). The summed E-state index contributed by atoms with van der Waals surface area (Å²) in [5.41, 5.74) is 0.264.